The molecule has 0 aliphatic heterocycles. The highest BCUT2D eigenvalue weighted by Crippen LogP contribution is 2.47. The molecule has 3 heterocycles. The highest BCUT2D eigenvalue weighted by molar-refractivity contribution is 6.09. The molecule has 3 aromatic heterocycles. The summed E-state index contributed by atoms with van der Waals surface area (Å²) in [5.41, 5.74) is 14.8. The van der Waals surface area contributed by atoms with Gasteiger partial charge in [-0.25, -0.2) is 9.55 Å². The first kappa shape index (κ1) is 35.4. The Bertz CT molecular complexity index is 3050. The van der Waals surface area contributed by atoms with Gasteiger partial charge in [0.2, 0.25) is 6.33 Å². The second-order valence-electron chi connectivity index (χ2n) is 15.8. The van der Waals surface area contributed by atoms with Crippen LogP contribution in [0.4, 0.5) is 0 Å². The molecule has 0 N–H and O–H groups in total. The van der Waals surface area contributed by atoms with E-state index in [1.165, 1.54) is 66.3 Å². The molecule has 0 radical (unpaired) electrons. The maximum absolute atomic E-state index is 5.08. The molecule has 4 heteroatoms. The maximum atomic E-state index is 5.08. The summed E-state index contributed by atoms with van der Waals surface area (Å²) in [6.45, 7) is 8.87. The van der Waals surface area contributed by atoms with Crippen LogP contribution in [0.2, 0.25) is 0 Å². The van der Waals surface area contributed by atoms with Crippen molar-refractivity contribution < 1.29 is 4.57 Å². The minimum absolute atomic E-state index is 0.316. The van der Waals surface area contributed by atoms with E-state index in [-0.39, 0.29) is 0 Å². The van der Waals surface area contributed by atoms with Gasteiger partial charge in [0, 0.05) is 17.0 Å². The highest BCUT2D eigenvalue weighted by Gasteiger charge is 2.39. The van der Waals surface area contributed by atoms with Crippen LogP contribution < -0.4 is 4.57 Å². The molecular weight excluding hydrogens is 705 g/mol. The third-order valence-corrected chi connectivity index (χ3v) is 12.0. The molecule has 0 atom stereocenters. The Morgan fingerprint density at radius 1 is 0.517 bits per heavy atom. The van der Waals surface area contributed by atoms with Crippen molar-refractivity contribution in [3.63, 3.8) is 0 Å². The molecule has 4 nitrogen and oxygen atoms in total. The van der Waals surface area contributed by atoms with E-state index >= 15 is 0 Å². The topological polar surface area (TPSA) is 26.6 Å². The van der Waals surface area contributed by atoms with Gasteiger partial charge in [-0.15, -0.1) is 0 Å². The molecule has 0 unspecified atom stereocenters. The van der Waals surface area contributed by atoms with Gasteiger partial charge in [0.25, 0.3) is 0 Å². The number of hydrogen-bond donors (Lipinski definition) is 0. The summed E-state index contributed by atoms with van der Waals surface area (Å²) in [5, 5.41) is 2.40. The summed E-state index contributed by atoms with van der Waals surface area (Å²) in [6, 6.07) is 66.9. The van der Waals surface area contributed by atoms with E-state index in [1.807, 2.05) is 6.20 Å². The van der Waals surface area contributed by atoms with Gasteiger partial charge in [-0.05, 0) is 121 Å². The normalized spacial score (nSPS) is 11.9. The van der Waals surface area contributed by atoms with Crippen LogP contribution >= 0.6 is 0 Å². The van der Waals surface area contributed by atoms with Crippen LogP contribution in [-0.2, 0) is 5.41 Å². The van der Waals surface area contributed by atoms with Gasteiger partial charge in [-0.1, -0.05) is 133 Å². The summed E-state index contributed by atoms with van der Waals surface area (Å²) >= 11 is 0. The van der Waals surface area contributed by atoms with Gasteiger partial charge < -0.3 is 0 Å². The lowest BCUT2D eigenvalue weighted by molar-refractivity contribution is -0.691. The number of aromatic nitrogens is 4. The zero-order chi connectivity index (χ0) is 39.4. The van der Waals surface area contributed by atoms with E-state index in [2.05, 4.69) is 230 Å². The van der Waals surface area contributed by atoms with Crippen molar-refractivity contribution in [1.82, 2.24) is 14.1 Å². The summed E-state index contributed by atoms with van der Waals surface area (Å²) < 4.78 is 7.06. The largest absolute Gasteiger partial charge is 0.294 e. The molecule has 0 saturated carbocycles. The Balaban J connectivity index is 1.27. The zero-order valence-corrected chi connectivity index (χ0v) is 33.3. The lowest BCUT2D eigenvalue weighted by Crippen LogP contribution is -2.34. The van der Waals surface area contributed by atoms with Gasteiger partial charge in [-0.2, -0.15) is 4.57 Å². The van der Waals surface area contributed by atoms with Crippen LogP contribution in [0.25, 0.3) is 55.5 Å². The van der Waals surface area contributed by atoms with Crippen LogP contribution in [0.5, 0.6) is 0 Å². The zero-order valence-electron chi connectivity index (χ0n) is 33.3. The second kappa shape index (κ2) is 14.2. The predicted molar refractivity (Wildman–Crippen MR) is 239 cm³/mol. The number of para-hydroxylation sites is 3. The van der Waals surface area contributed by atoms with Gasteiger partial charge in [-0.3, -0.25) is 4.57 Å². The standard InChI is InChI=1S/C54H45N4/c1-37(2)56-36-57(50-28-14-13-27-49(50)56)45-24-16-23-43(34-45)54(41-19-7-5-8-20-41,42-21-9-6-10-22-42)44-29-30-47-46-25-11-12-26-48(46)58(51(47)35-44)52-33-40(31-32-55-52)53-38(3)17-15-18-39(53)4/h5-37H,1-4H3/q+1. The molecular formula is C54H45N4+. The highest BCUT2D eigenvalue weighted by atomic mass is 15.1. The number of aryl methyl sites for hydroxylation is 2. The summed E-state index contributed by atoms with van der Waals surface area (Å²) in [6.07, 6.45) is 4.21. The molecule has 0 aliphatic carbocycles. The molecule has 0 aliphatic rings. The smallest absolute Gasteiger partial charge is 0.250 e. The Morgan fingerprint density at radius 2 is 1.12 bits per heavy atom. The fraction of sp³-hybridized carbons (Fsp3) is 0.111. The maximum Gasteiger partial charge on any atom is 0.250 e. The SMILES string of the molecule is Cc1cccc(C)c1-c1ccnc(-n2c3ccccc3c3ccc(C(c4ccccc4)(c4ccccc4)c4cccc(-n5c[n+](C(C)C)c6ccccc65)c4)cc32)c1. The number of fused-ring (bicyclic) bond motifs is 4. The van der Waals surface area contributed by atoms with Crippen molar-refractivity contribution in [2.45, 2.75) is 39.2 Å². The van der Waals surface area contributed by atoms with E-state index in [9.17, 15) is 0 Å². The molecule has 0 bridgehead atoms. The lowest BCUT2D eigenvalue weighted by atomic mass is 9.65. The first-order valence-corrected chi connectivity index (χ1v) is 20.2. The predicted octanol–water partition coefficient (Wildman–Crippen LogP) is 12.7. The van der Waals surface area contributed by atoms with Crippen molar-refractivity contribution in [1.29, 1.82) is 0 Å². The molecule has 0 saturated heterocycles. The Labute approximate surface area is 339 Å². The number of benzene rings is 7. The van der Waals surface area contributed by atoms with Crippen molar-refractivity contribution in [3.05, 3.63) is 228 Å². The molecule has 0 fully saturated rings. The summed E-state index contributed by atoms with van der Waals surface area (Å²) in [4.78, 5) is 5.08. The number of imidazole rings is 1. The molecule has 0 amide bonds. The van der Waals surface area contributed by atoms with E-state index in [1.54, 1.807) is 0 Å². The van der Waals surface area contributed by atoms with E-state index < -0.39 is 5.41 Å². The molecule has 10 rings (SSSR count). The van der Waals surface area contributed by atoms with Crippen molar-refractivity contribution in [2.24, 2.45) is 0 Å². The Morgan fingerprint density at radius 3 is 1.84 bits per heavy atom. The van der Waals surface area contributed by atoms with Crippen LogP contribution in [-0.4, -0.2) is 14.1 Å². The average molecular weight is 750 g/mol. The van der Waals surface area contributed by atoms with Gasteiger partial charge in [0.1, 0.15) is 11.5 Å². The third-order valence-electron chi connectivity index (χ3n) is 12.0. The summed E-state index contributed by atoms with van der Waals surface area (Å²) in [7, 11) is 0. The molecule has 7 aromatic carbocycles. The van der Waals surface area contributed by atoms with Crippen LogP contribution in [0.15, 0.2) is 195 Å². The Hall–Kier alpha value is -7.04. The van der Waals surface area contributed by atoms with Crippen LogP contribution in [0.1, 0.15) is 53.3 Å². The average Bonchev–Trinajstić information content (AvgIpc) is 3.82. The van der Waals surface area contributed by atoms with Crippen LogP contribution in [0.3, 0.4) is 0 Å². The fourth-order valence-corrected chi connectivity index (χ4v) is 9.43. The first-order chi connectivity index (χ1) is 28.4. The van der Waals surface area contributed by atoms with Crippen LogP contribution in [0, 0.1) is 13.8 Å². The minimum atomic E-state index is -0.668. The Kier molecular flexibility index (Phi) is 8.64. The lowest BCUT2D eigenvalue weighted by Gasteiger charge is -2.37. The quantitative estimate of drug-likeness (QED) is 0.112. The fourth-order valence-electron chi connectivity index (χ4n) is 9.43. The van der Waals surface area contributed by atoms with Crippen molar-refractivity contribution >= 4 is 32.8 Å². The van der Waals surface area contributed by atoms with Gasteiger partial charge in [0.05, 0.1) is 22.5 Å². The molecule has 10 aromatic rings. The third kappa shape index (κ3) is 5.59. The van der Waals surface area contributed by atoms with Gasteiger partial charge >= 0.3 is 0 Å². The molecule has 58 heavy (non-hydrogen) atoms. The number of pyridine rings is 1. The van der Waals surface area contributed by atoms with E-state index in [0.717, 1.165) is 22.5 Å². The first-order valence-electron chi connectivity index (χ1n) is 20.2. The van der Waals surface area contributed by atoms with Crippen molar-refractivity contribution in [3.8, 4) is 22.6 Å². The number of rotatable bonds is 8. The monoisotopic (exact) mass is 749 g/mol. The molecule has 280 valence electrons. The summed E-state index contributed by atoms with van der Waals surface area (Å²) in [5.74, 6) is 0.897. The minimum Gasteiger partial charge on any atom is -0.294 e. The second-order valence-corrected chi connectivity index (χ2v) is 15.8. The molecule has 0 spiro atoms. The van der Waals surface area contributed by atoms with Crippen molar-refractivity contribution in [2.75, 3.05) is 0 Å². The number of nitrogens with zero attached hydrogens (tertiary/aromatic N) is 4. The van der Waals surface area contributed by atoms with E-state index in [0.29, 0.717) is 6.04 Å². The number of hydrogen-bond acceptors (Lipinski definition) is 1. The van der Waals surface area contributed by atoms with E-state index in [4.69, 9.17) is 4.98 Å². The van der Waals surface area contributed by atoms with Gasteiger partial charge in [0.15, 0.2) is 11.0 Å².